The minimum atomic E-state index is -2.81. The average Bonchev–Trinajstić information content (AvgIpc) is 3.00. The number of hydrogen-bond donors (Lipinski definition) is 0. The summed E-state index contributed by atoms with van der Waals surface area (Å²) in [6, 6.07) is 10.4. The molecule has 0 radical (unpaired) electrons. The Labute approximate surface area is 144 Å². The van der Waals surface area contributed by atoms with Crippen LogP contribution in [-0.2, 0) is 21.8 Å². The van der Waals surface area contributed by atoms with Crippen LogP contribution in [0.3, 0.4) is 0 Å². The van der Waals surface area contributed by atoms with Crippen LogP contribution < -0.4 is 0 Å². The van der Waals surface area contributed by atoms with Gasteiger partial charge in [0, 0.05) is 31.2 Å². The molecule has 6 heteroatoms. The molecule has 5 nitrogen and oxygen atoms in total. The summed E-state index contributed by atoms with van der Waals surface area (Å²) >= 11 is 0. The van der Waals surface area contributed by atoms with Gasteiger partial charge < -0.3 is 0 Å². The zero-order valence-electron chi connectivity index (χ0n) is 14.6. The normalized spacial score (nSPS) is 18.6. The van der Waals surface area contributed by atoms with Crippen LogP contribution in [0.4, 0.5) is 0 Å². The Morgan fingerprint density at radius 3 is 2.21 bits per heavy atom. The molecule has 0 atom stereocenters. The molecule has 1 saturated heterocycles. The monoisotopic (exact) mass is 347 g/mol. The van der Waals surface area contributed by atoms with Gasteiger partial charge in [0.25, 0.3) is 0 Å². The summed E-state index contributed by atoms with van der Waals surface area (Å²) in [5, 5.41) is 4.65. The smallest absolute Gasteiger partial charge is 0.152 e. The van der Waals surface area contributed by atoms with Gasteiger partial charge in [-0.1, -0.05) is 32.9 Å². The molecule has 0 N–H and O–H groups in total. The first-order valence-electron chi connectivity index (χ1n) is 8.31. The maximum Gasteiger partial charge on any atom is 0.152 e. The van der Waals surface area contributed by atoms with Gasteiger partial charge in [0.2, 0.25) is 0 Å². The van der Waals surface area contributed by atoms with E-state index in [9.17, 15) is 8.42 Å². The van der Waals surface area contributed by atoms with Crippen molar-refractivity contribution < 1.29 is 8.42 Å². The van der Waals surface area contributed by atoms with Crippen LogP contribution in [0, 0.1) is 0 Å². The highest BCUT2D eigenvalue weighted by Gasteiger charge is 2.21. The van der Waals surface area contributed by atoms with Crippen molar-refractivity contribution in [2.24, 2.45) is 0 Å². The van der Waals surface area contributed by atoms with Crippen molar-refractivity contribution in [2.75, 3.05) is 24.6 Å². The Bertz CT molecular complexity index is 788. The molecule has 2 aromatic rings. The zero-order valence-corrected chi connectivity index (χ0v) is 15.4. The number of aromatic nitrogens is 2. The number of sulfone groups is 1. The molecule has 0 saturated carbocycles. The van der Waals surface area contributed by atoms with E-state index in [4.69, 9.17) is 0 Å². The van der Waals surface area contributed by atoms with Crippen molar-refractivity contribution in [1.82, 2.24) is 14.7 Å². The fraction of sp³-hybridized carbons (Fsp3) is 0.500. The third kappa shape index (κ3) is 4.05. The van der Waals surface area contributed by atoms with E-state index in [2.05, 4.69) is 61.1 Å². The highest BCUT2D eigenvalue weighted by molar-refractivity contribution is 7.91. The van der Waals surface area contributed by atoms with Crippen LogP contribution in [-0.4, -0.2) is 47.7 Å². The Morgan fingerprint density at radius 1 is 1.04 bits per heavy atom. The van der Waals surface area contributed by atoms with Crippen LogP contribution in [0.15, 0.2) is 36.5 Å². The lowest BCUT2D eigenvalue weighted by Crippen LogP contribution is -2.39. The van der Waals surface area contributed by atoms with Gasteiger partial charge in [-0.25, -0.2) is 13.1 Å². The Morgan fingerprint density at radius 2 is 1.67 bits per heavy atom. The first-order chi connectivity index (χ1) is 11.2. The van der Waals surface area contributed by atoms with Crippen LogP contribution in [0.5, 0.6) is 0 Å². The predicted octanol–water partition coefficient (Wildman–Crippen LogP) is 2.40. The van der Waals surface area contributed by atoms with Crippen molar-refractivity contribution in [3.05, 3.63) is 47.8 Å². The van der Waals surface area contributed by atoms with Crippen molar-refractivity contribution >= 4 is 9.84 Å². The molecule has 130 valence electrons. The second-order valence-corrected chi connectivity index (χ2v) is 9.79. The lowest BCUT2D eigenvalue weighted by Gasteiger charge is -2.26. The first kappa shape index (κ1) is 17.2. The number of benzene rings is 1. The summed E-state index contributed by atoms with van der Waals surface area (Å²) in [6.45, 7) is 8.50. The third-order valence-corrected chi connectivity index (χ3v) is 6.01. The van der Waals surface area contributed by atoms with E-state index in [1.165, 1.54) is 5.56 Å². The second-order valence-electron chi connectivity index (χ2n) is 7.49. The van der Waals surface area contributed by atoms with Crippen LogP contribution in [0.2, 0.25) is 0 Å². The Kier molecular flexibility index (Phi) is 4.53. The molecule has 1 fully saturated rings. The van der Waals surface area contributed by atoms with Gasteiger partial charge in [-0.3, -0.25) is 4.90 Å². The lowest BCUT2D eigenvalue weighted by atomic mass is 9.93. The molecular weight excluding hydrogens is 322 g/mol. The number of hydrogen-bond acceptors (Lipinski definition) is 4. The Balaban J connectivity index is 1.66. The molecule has 0 amide bonds. The standard InChI is InChI=1S/C18H25N3O2S/c1-18(2,3)17-8-9-21(19-17)16-6-4-15(5-7-16)14-20-10-12-24(22,23)13-11-20/h4-9H,10-14H2,1-3H3. The van der Waals surface area contributed by atoms with Crippen molar-refractivity contribution in [3.8, 4) is 5.69 Å². The number of nitrogens with zero attached hydrogens (tertiary/aromatic N) is 3. The summed E-state index contributed by atoms with van der Waals surface area (Å²) in [7, 11) is -2.81. The maximum atomic E-state index is 11.5. The van der Waals surface area contributed by atoms with Gasteiger partial charge in [0.05, 0.1) is 22.9 Å². The van der Waals surface area contributed by atoms with Crippen LogP contribution >= 0.6 is 0 Å². The molecule has 1 aliphatic rings. The van der Waals surface area contributed by atoms with Crippen LogP contribution in [0.25, 0.3) is 5.69 Å². The topological polar surface area (TPSA) is 55.2 Å². The second kappa shape index (κ2) is 6.33. The van der Waals surface area contributed by atoms with E-state index in [1.54, 1.807) is 0 Å². The van der Waals surface area contributed by atoms with Gasteiger partial charge in [-0.15, -0.1) is 0 Å². The molecule has 1 aromatic heterocycles. The summed E-state index contributed by atoms with van der Waals surface area (Å²) in [6.07, 6.45) is 1.99. The van der Waals surface area contributed by atoms with Gasteiger partial charge >= 0.3 is 0 Å². The summed E-state index contributed by atoms with van der Waals surface area (Å²) < 4.78 is 24.9. The van der Waals surface area contributed by atoms with E-state index in [1.807, 2.05) is 10.9 Å². The highest BCUT2D eigenvalue weighted by atomic mass is 32.2. The minimum Gasteiger partial charge on any atom is -0.297 e. The fourth-order valence-corrected chi connectivity index (χ4v) is 4.07. The van der Waals surface area contributed by atoms with E-state index in [0.717, 1.165) is 17.9 Å². The maximum absolute atomic E-state index is 11.5. The minimum absolute atomic E-state index is 0.0415. The third-order valence-electron chi connectivity index (χ3n) is 4.40. The van der Waals surface area contributed by atoms with E-state index in [-0.39, 0.29) is 16.9 Å². The van der Waals surface area contributed by atoms with Gasteiger partial charge in [-0.2, -0.15) is 5.10 Å². The van der Waals surface area contributed by atoms with E-state index in [0.29, 0.717) is 13.1 Å². The summed E-state index contributed by atoms with van der Waals surface area (Å²) in [4.78, 5) is 2.20. The largest absolute Gasteiger partial charge is 0.297 e. The van der Waals surface area contributed by atoms with Gasteiger partial charge in [-0.05, 0) is 23.8 Å². The SMILES string of the molecule is CC(C)(C)c1ccn(-c2ccc(CN3CCS(=O)(=O)CC3)cc2)n1. The molecule has 3 rings (SSSR count). The fourth-order valence-electron chi connectivity index (χ4n) is 2.79. The quantitative estimate of drug-likeness (QED) is 0.855. The molecule has 1 aromatic carbocycles. The predicted molar refractivity (Wildman–Crippen MR) is 96.2 cm³/mol. The van der Waals surface area contributed by atoms with Crippen molar-refractivity contribution in [3.63, 3.8) is 0 Å². The van der Waals surface area contributed by atoms with Gasteiger partial charge in [0.1, 0.15) is 0 Å². The Hall–Kier alpha value is -1.66. The van der Waals surface area contributed by atoms with E-state index < -0.39 is 9.84 Å². The molecule has 1 aliphatic heterocycles. The molecule has 0 bridgehead atoms. The lowest BCUT2D eigenvalue weighted by molar-refractivity contribution is 0.287. The average molecular weight is 347 g/mol. The molecule has 0 aliphatic carbocycles. The summed E-state index contributed by atoms with van der Waals surface area (Å²) in [5.41, 5.74) is 3.34. The number of rotatable bonds is 3. The molecular formula is C18H25N3O2S. The van der Waals surface area contributed by atoms with Crippen molar-refractivity contribution in [2.45, 2.75) is 32.7 Å². The van der Waals surface area contributed by atoms with Gasteiger partial charge in [0.15, 0.2) is 9.84 Å². The first-order valence-corrected chi connectivity index (χ1v) is 10.1. The molecule has 2 heterocycles. The van der Waals surface area contributed by atoms with E-state index >= 15 is 0 Å². The molecule has 0 spiro atoms. The molecule has 24 heavy (non-hydrogen) atoms. The molecule has 0 unspecified atom stereocenters. The summed E-state index contributed by atoms with van der Waals surface area (Å²) in [5.74, 6) is 0.544. The van der Waals surface area contributed by atoms with Crippen molar-refractivity contribution in [1.29, 1.82) is 0 Å². The zero-order chi connectivity index (χ0) is 17.4. The van der Waals surface area contributed by atoms with Crippen LogP contribution in [0.1, 0.15) is 32.0 Å². The highest BCUT2D eigenvalue weighted by Crippen LogP contribution is 2.21.